The van der Waals surface area contributed by atoms with Crippen molar-refractivity contribution in [1.29, 1.82) is 5.26 Å². The zero-order valence-corrected chi connectivity index (χ0v) is 14.8. The molecule has 0 radical (unpaired) electrons. The van der Waals surface area contributed by atoms with Crippen molar-refractivity contribution in [1.82, 2.24) is 9.88 Å². The Bertz CT molecular complexity index is 753. The lowest BCUT2D eigenvalue weighted by Crippen LogP contribution is -2.37. The Morgan fingerprint density at radius 1 is 1.40 bits per heavy atom. The molecule has 0 aliphatic rings. The van der Waals surface area contributed by atoms with Gasteiger partial charge in [0.25, 0.3) is 5.91 Å². The lowest BCUT2D eigenvalue weighted by atomic mass is 10.1. The average molecular weight is 346 g/mol. The van der Waals surface area contributed by atoms with Gasteiger partial charge in [0.2, 0.25) is 0 Å². The van der Waals surface area contributed by atoms with Gasteiger partial charge in [-0.25, -0.2) is 9.59 Å². The smallest absolute Gasteiger partial charge is 0.349 e. The number of aromatic nitrogens is 1. The van der Waals surface area contributed by atoms with E-state index in [1.807, 2.05) is 19.9 Å². The van der Waals surface area contributed by atoms with E-state index in [-0.39, 0.29) is 5.57 Å². The molecule has 8 nitrogen and oxygen atoms in total. The molecule has 0 bridgehead atoms. The van der Waals surface area contributed by atoms with Crippen LogP contribution in [0.2, 0.25) is 0 Å². The van der Waals surface area contributed by atoms with Crippen LogP contribution in [0.25, 0.3) is 6.08 Å². The van der Waals surface area contributed by atoms with E-state index in [2.05, 4.69) is 18.4 Å². The summed E-state index contributed by atoms with van der Waals surface area (Å²) in [4.78, 5) is 33.7. The van der Waals surface area contributed by atoms with Crippen molar-refractivity contribution in [3.63, 3.8) is 0 Å². The third kappa shape index (κ3) is 5.80. The number of imide groups is 1. The highest BCUT2D eigenvalue weighted by Gasteiger charge is 2.16. The van der Waals surface area contributed by atoms with Crippen LogP contribution in [-0.2, 0) is 20.9 Å². The summed E-state index contributed by atoms with van der Waals surface area (Å²) in [6.07, 6.45) is 1.42. The van der Waals surface area contributed by atoms with Crippen LogP contribution >= 0.6 is 0 Å². The van der Waals surface area contributed by atoms with Gasteiger partial charge in [-0.2, -0.15) is 5.26 Å². The molecule has 0 aliphatic carbocycles. The van der Waals surface area contributed by atoms with Crippen LogP contribution in [0, 0.1) is 31.1 Å². The summed E-state index contributed by atoms with van der Waals surface area (Å²) in [7, 11) is 0. The Hall–Kier alpha value is -3.08. The number of esters is 1. The molecule has 0 aliphatic heterocycles. The fourth-order valence-electron chi connectivity index (χ4n) is 2.29. The number of ether oxygens (including phenoxy) is 1. The lowest BCUT2D eigenvalue weighted by molar-refractivity contribution is -0.144. The number of hydrogen-bond donors (Lipinski definition) is 2. The molecule has 0 fully saturated rings. The van der Waals surface area contributed by atoms with Crippen molar-refractivity contribution < 1.29 is 19.1 Å². The third-order valence-electron chi connectivity index (χ3n) is 3.40. The van der Waals surface area contributed by atoms with Gasteiger partial charge in [0.05, 0.1) is 0 Å². The van der Waals surface area contributed by atoms with Gasteiger partial charge in [-0.15, -0.1) is 0 Å². The first kappa shape index (κ1) is 20.0. The summed E-state index contributed by atoms with van der Waals surface area (Å²) in [6, 6.07) is 2.60. The van der Waals surface area contributed by atoms with Crippen molar-refractivity contribution in [2.75, 3.05) is 6.61 Å². The van der Waals surface area contributed by atoms with Gasteiger partial charge in [0.1, 0.15) is 11.6 Å². The summed E-state index contributed by atoms with van der Waals surface area (Å²) in [5.41, 5.74) is 7.22. The summed E-state index contributed by atoms with van der Waals surface area (Å²) in [6.45, 7) is 8.18. The Morgan fingerprint density at radius 3 is 2.56 bits per heavy atom. The quantitative estimate of drug-likeness (QED) is 0.457. The number of aryl methyl sites for hydroxylation is 1. The lowest BCUT2D eigenvalue weighted by Gasteiger charge is -2.12. The highest BCUT2D eigenvalue weighted by atomic mass is 16.5. The Balaban J connectivity index is 2.93. The van der Waals surface area contributed by atoms with E-state index in [1.54, 1.807) is 11.4 Å². The zero-order valence-electron chi connectivity index (χ0n) is 14.8. The number of nitriles is 1. The van der Waals surface area contributed by atoms with E-state index in [1.165, 1.54) is 6.08 Å². The highest BCUT2D eigenvalue weighted by Crippen LogP contribution is 2.20. The fraction of sp³-hybridized carbons (Fsp3) is 0.412. The van der Waals surface area contributed by atoms with Crippen LogP contribution in [0.5, 0.6) is 0 Å². The minimum Gasteiger partial charge on any atom is -0.451 e. The van der Waals surface area contributed by atoms with Crippen LogP contribution in [0.4, 0.5) is 4.79 Å². The van der Waals surface area contributed by atoms with Gasteiger partial charge in [-0.3, -0.25) is 10.1 Å². The van der Waals surface area contributed by atoms with E-state index < -0.39 is 24.5 Å². The molecular formula is C17H22N4O4. The molecule has 0 saturated carbocycles. The van der Waals surface area contributed by atoms with E-state index in [0.717, 1.165) is 23.5 Å². The largest absolute Gasteiger partial charge is 0.451 e. The SMILES string of the molecule is Cc1cc(/C=C(\C#N)C(=O)OCC(=O)NC(N)=O)c(C)n1CC(C)C. The third-order valence-corrected chi connectivity index (χ3v) is 3.40. The first-order valence-corrected chi connectivity index (χ1v) is 7.70. The van der Waals surface area contributed by atoms with E-state index in [0.29, 0.717) is 5.92 Å². The van der Waals surface area contributed by atoms with Crippen LogP contribution in [0.1, 0.15) is 30.8 Å². The number of hydrogen-bond acceptors (Lipinski definition) is 5. The number of amides is 3. The van der Waals surface area contributed by atoms with Crippen molar-refractivity contribution >= 4 is 24.0 Å². The van der Waals surface area contributed by atoms with Crippen molar-refractivity contribution in [2.24, 2.45) is 11.7 Å². The first-order valence-electron chi connectivity index (χ1n) is 7.70. The van der Waals surface area contributed by atoms with Gasteiger partial charge < -0.3 is 15.0 Å². The second-order valence-electron chi connectivity index (χ2n) is 5.99. The molecule has 0 unspecified atom stereocenters. The summed E-state index contributed by atoms with van der Waals surface area (Å²) in [5.74, 6) is -1.37. The molecule has 0 atom stereocenters. The molecule has 8 heteroatoms. The summed E-state index contributed by atoms with van der Waals surface area (Å²) >= 11 is 0. The van der Waals surface area contributed by atoms with Crippen LogP contribution in [0.15, 0.2) is 11.6 Å². The number of nitrogens with one attached hydrogen (secondary N) is 1. The number of urea groups is 1. The second-order valence-corrected chi connectivity index (χ2v) is 5.99. The predicted octanol–water partition coefficient (Wildman–Crippen LogP) is 1.41. The molecule has 3 amide bonds. The minimum atomic E-state index is -1.05. The zero-order chi connectivity index (χ0) is 19.1. The van der Waals surface area contributed by atoms with E-state index in [9.17, 15) is 19.6 Å². The summed E-state index contributed by atoms with van der Waals surface area (Å²) < 4.78 is 6.82. The van der Waals surface area contributed by atoms with Gasteiger partial charge in [0, 0.05) is 17.9 Å². The summed E-state index contributed by atoms with van der Waals surface area (Å²) in [5, 5.41) is 10.9. The minimum absolute atomic E-state index is 0.239. The maximum Gasteiger partial charge on any atom is 0.349 e. The number of primary amides is 1. The number of rotatable bonds is 6. The van der Waals surface area contributed by atoms with Gasteiger partial charge in [0.15, 0.2) is 6.61 Å². The molecule has 134 valence electrons. The standard InChI is InChI=1S/C17H22N4O4/c1-10(2)8-21-11(3)5-13(12(21)4)6-14(7-18)16(23)25-9-15(22)20-17(19)24/h5-6,10H,8-9H2,1-4H3,(H3,19,20,22,24)/b14-6+. The van der Waals surface area contributed by atoms with Gasteiger partial charge >= 0.3 is 12.0 Å². The van der Waals surface area contributed by atoms with Gasteiger partial charge in [-0.05, 0) is 37.5 Å². The molecule has 1 aromatic rings. The van der Waals surface area contributed by atoms with Crippen LogP contribution in [0.3, 0.4) is 0 Å². The maximum atomic E-state index is 11.9. The number of nitrogens with zero attached hydrogens (tertiary/aromatic N) is 2. The first-order chi connectivity index (χ1) is 11.6. The highest BCUT2D eigenvalue weighted by molar-refractivity contribution is 6.00. The van der Waals surface area contributed by atoms with E-state index >= 15 is 0 Å². The van der Waals surface area contributed by atoms with Crippen molar-refractivity contribution in [3.05, 3.63) is 28.6 Å². The molecule has 1 rings (SSSR count). The number of carbonyl (C=O) groups is 3. The topological polar surface area (TPSA) is 127 Å². The molecular weight excluding hydrogens is 324 g/mol. The Labute approximate surface area is 146 Å². The number of carbonyl (C=O) groups excluding carboxylic acids is 3. The molecule has 3 N–H and O–H groups in total. The van der Waals surface area contributed by atoms with Gasteiger partial charge in [-0.1, -0.05) is 13.8 Å². The second kappa shape index (κ2) is 8.68. The molecule has 1 aromatic heterocycles. The van der Waals surface area contributed by atoms with E-state index in [4.69, 9.17) is 10.5 Å². The monoisotopic (exact) mass is 346 g/mol. The Kier molecular flexibility index (Phi) is 6.93. The predicted molar refractivity (Wildman–Crippen MR) is 91.0 cm³/mol. The van der Waals surface area contributed by atoms with Crippen LogP contribution in [-0.4, -0.2) is 29.1 Å². The molecule has 0 spiro atoms. The fourth-order valence-corrected chi connectivity index (χ4v) is 2.29. The van der Waals surface area contributed by atoms with Crippen LogP contribution < -0.4 is 11.1 Å². The normalized spacial score (nSPS) is 11.1. The molecule has 0 aromatic carbocycles. The van der Waals surface area contributed by atoms with Crippen molar-refractivity contribution in [2.45, 2.75) is 34.2 Å². The maximum absolute atomic E-state index is 11.9. The molecule has 0 saturated heterocycles. The molecule has 1 heterocycles. The molecule has 25 heavy (non-hydrogen) atoms. The Morgan fingerprint density at radius 2 is 2.04 bits per heavy atom. The number of nitrogens with two attached hydrogens (primary N) is 1. The van der Waals surface area contributed by atoms with Crippen molar-refractivity contribution in [3.8, 4) is 6.07 Å². The average Bonchev–Trinajstić information content (AvgIpc) is 2.76.